The first-order chi connectivity index (χ1) is 10.1. The lowest BCUT2D eigenvalue weighted by Crippen LogP contribution is -2.12. The van der Waals surface area contributed by atoms with Crippen LogP contribution in [-0.2, 0) is 6.42 Å². The van der Waals surface area contributed by atoms with Crippen molar-refractivity contribution in [3.63, 3.8) is 0 Å². The number of ether oxygens (including phenoxy) is 2. The number of rotatable bonds is 5. The van der Waals surface area contributed by atoms with Gasteiger partial charge < -0.3 is 14.9 Å². The van der Waals surface area contributed by atoms with Gasteiger partial charge in [0, 0.05) is 0 Å². The number of benzene rings is 1. The summed E-state index contributed by atoms with van der Waals surface area (Å²) in [7, 11) is 1.62. The third kappa shape index (κ3) is 3.22. The number of hydrazine groups is 1. The van der Waals surface area contributed by atoms with Crippen LogP contribution in [0.3, 0.4) is 0 Å². The van der Waals surface area contributed by atoms with Gasteiger partial charge in [-0.3, -0.25) is 0 Å². The molecule has 0 amide bonds. The van der Waals surface area contributed by atoms with Crippen molar-refractivity contribution in [1.82, 2.24) is 9.97 Å². The number of aryl methyl sites for hydroxylation is 2. The number of methoxy groups -OCH3 is 1. The van der Waals surface area contributed by atoms with E-state index in [1.807, 2.05) is 25.1 Å². The Morgan fingerprint density at radius 2 is 1.95 bits per heavy atom. The molecule has 2 aromatic rings. The standard InChI is InChI=1S/C15H20N4O2/c1-5-11-6-7-12(13(8-11)20-4)21-15-9(2)14(19-16)17-10(3)18-15/h6-8H,5,16H2,1-4H3,(H,17,18,19). The van der Waals surface area contributed by atoms with Crippen LogP contribution in [0.1, 0.15) is 23.9 Å². The second-order valence-electron chi connectivity index (χ2n) is 4.63. The monoisotopic (exact) mass is 288 g/mol. The highest BCUT2D eigenvalue weighted by molar-refractivity contribution is 5.51. The lowest BCUT2D eigenvalue weighted by molar-refractivity contribution is 0.372. The summed E-state index contributed by atoms with van der Waals surface area (Å²) in [5.41, 5.74) is 4.47. The summed E-state index contributed by atoms with van der Waals surface area (Å²) in [6.07, 6.45) is 0.934. The molecule has 112 valence electrons. The van der Waals surface area contributed by atoms with Crippen molar-refractivity contribution < 1.29 is 9.47 Å². The van der Waals surface area contributed by atoms with E-state index in [1.165, 1.54) is 5.56 Å². The Morgan fingerprint density at radius 1 is 1.19 bits per heavy atom. The van der Waals surface area contributed by atoms with E-state index in [-0.39, 0.29) is 0 Å². The van der Waals surface area contributed by atoms with Crippen molar-refractivity contribution in [3.8, 4) is 17.4 Å². The van der Waals surface area contributed by atoms with E-state index in [9.17, 15) is 0 Å². The Hall–Kier alpha value is -2.34. The molecule has 0 spiro atoms. The number of nitrogen functional groups attached to an aromatic ring is 1. The molecule has 0 aliphatic rings. The summed E-state index contributed by atoms with van der Waals surface area (Å²) < 4.78 is 11.3. The minimum absolute atomic E-state index is 0.456. The molecular formula is C15H20N4O2. The molecule has 21 heavy (non-hydrogen) atoms. The van der Waals surface area contributed by atoms with E-state index in [0.717, 1.165) is 12.0 Å². The number of nitrogens with zero attached hydrogens (tertiary/aromatic N) is 2. The van der Waals surface area contributed by atoms with Gasteiger partial charge in [-0.15, -0.1) is 0 Å². The van der Waals surface area contributed by atoms with Crippen LogP contribution in [0.15, 0.2) is 18.2 Å². The molecular weight excluding hydrogens is 268 g/mol. The summed E-state index contributed by atoms with van der Waals surface area (Å²) in [4.78, 5) is 8.52. The molecule has 0 atom stereocenters. The molecule has 0 saturated heterocycles. The molecule has 0 saturated carbocycles. The van der Waals surface area contributed by atoms with Crippen LogP contribution in [0.2, 0.25) is 0 Å². The van der Waals surface area contributed by atoms with Gasteiger partial charge in [-0.1, -0.05) is 13.0 Å². The molecule has 0 unspecified atom stereocenters. The van der Waals surface area contributed by atoms with Gasteiger partial charge in [0.1, 0.15) is 11.6 Å². The topological polar surface area (TPSA) is 82.3 Å². The van der Waals surface area contributed by atoms with Gasteiger partial charge in [0.25, 0.3) is 0 Å². The molecule has 1 aromatic heterocycles. The van der Waals surface area contributed by atoms with Crippen molar-refractivity contribution in [2.45, 2.75) is 27.2 Å². The fourth-order valence-electron chi connectivity index (χ4n) is 1.96. The van der Waals surface area contributed by atoms with Crippen molar-refractivity contribution in [2.75, 3.05) is 12.5 Å². The third-order valence-corrected chi connectivity index (χ3v) is 3.19. The van der Waals surface area contributed by atoms with Crippen molar-refractivity contribution in [2.24, 2.45) is 5.84 Å². The normalized spacial score (nSPS) is 10.3. The number of anilines is 1. The van der Waals surface area contributed by atoms with Gasteiger partial charge in [-0.2, -0.15) is 4.98 Å². The highest BCUT2D eigenvalue weighted by Gasteiger charge is 2.13. The van der Waals surface area contributed by atoms with Crippen LogP contribution in [0.4, 0.5) is 5.82 Å². The van der Waals surface area contributed by atoms with E-state index in [2.05, 4.69) is 22.3 Å². The van der Waals surface area contributed by atoms with Crippen LogP contribution in [0.5, 0.6) is 17.4 Å². The van der Waals surface area contributed by atoms with Crippen LogP contribution in [0, 0.1) is 13.8 Å². The average molecular weight is 288 g/mol. The maximum absolute atomic E-state index is 5.88. The predicted octanol–water partition coefficient (Wildman–Crippen LogP) is 2.74. The average Bonchev–Trinajstić information content (AvgIpc) is 2.50. The quantitative estimate of drug-likeness (QED) is 0.650. The first kappa shape index (κ1) is 15.1. The lowest BCUT2D eigenvalue weighted by atomic mass is 10.1. The minimum atomic E-state index is 0.456. The highest BCUT2D eigenvalue weighted by Crippen LogP contribution is 2.34. The molecule has 3 N–H and O–H groups in total. The minimum Gasteiger partial charge on any atom is -0.493 e. The fourth-order valence-corrected chi connectivity index (χ4v) is 1.96. The van der Waals surface area contributed by atoms with E-state index in [0.29, 0.717) is 29.0 Å². The number of aromatic nitrogens is 2. The zero-order chi connectivity index (χ0) is 15.4. The van der Waals surface area contributed by atoms with Crippen molar-refractivity contribution >= 4 is 5.82 Å². The SMILES string of the molecule is CCc1ccc(Oc2nc(C)nc(NN)c2C)c(OC)c1. The molecule has 0 fully saturated rings. The molecule has 0 aliphatic carbocycles. The van der Waals surface area contributed by atoms with E-state index in [1.54, 1.807) is 14.0 Å². The zero-order valence-corrected chi connectivity index (χ0v) is 12.7. The largest absolute Gasteiger partial charge is 0.493 e. The molecule has 6 heteroatoms. The van der Waals surface area contributed by atoms with Gasteiger partial charge in [0.05, 0.1) is 12.7 Å². The molecule has 6 nitrogen and oxygen atoms in total. The second kappa shape index (κ2) is 6.41. The predicted molar refractivity (Wildman–Crippen MR) is 81.8 cm³/mol. The maximum atomic E-state index is 5.88. The van der Waals surface area contributed by atoms with Crippen LogP contribution < -0.4 is 20.7 Å². The Kier molecular flexibility index (Phi) is 4.59. The summed E-state index contributed by atoms with van der Waals surface area (Å²) in [5, 5.41) is 0. The van der Waals surface area contributed by atoms with Crippen LogP contribution in [-0.4, -0.2) is 17.1 Å². The van der Waals surface area contributed by atoms with Gasteiger partial charge in [0.15, 0.2) is 11.5 Å². The Balaban J connectivity index is 2.40. The summed E-state index contributed by atoms with van der Waals surface area (Å²) in [5.74, 6) is 8.31. The van der Waals surface area contributed by atoms with E-state index >= 15 is 0 Å². The Bertz CT molecular complexity index is 644. The Labute approximate surface area is 124 Å². The number of hydrogen-bond acceptors (Lipinski definition) is 6. The number of nitrogens with two attached hydrogens (primary N) is 1. The van der Waals surface area contributed by atoms with Gasteiger partial charge >= 0.3 is 0 Å². The maximum Gasteiger partial charge on any atom is 0.227 e. The first-order valence-electron chi connectivity index (χ1n) is 6.75. The van der Waals surface area contributed by atoms with E-state index in [4.69, 9.17) is 15.3 Å². The van der Waals surface area contributed by atoms with Crippen LogP contribution >= 0.6 is 0 Å². The summed E-state index contributed by atoms with van der Waals surface area (Å²) in [6.45, 7) is 5.72. The number of nitrogens with one attached hydrogen (secondary N) is 1. The molecule has 0 aliphatic heterocycles. The molecule has 1 heterocycles. The van der Waals surface area contributed by atoms with Crippen molar-refractivity contribution in [1.29, 1.82) is 0 Å². The first-order valence-corrected chi connectivity index (χ1v) is 6.75. The Morgan fingerprint density at radius 3 is 2.57 bits per heavy atom. The molecule has 0 radical (unpaired) electrons. The lowest BCUT2D eigenvalue weighted by Gasteiger charge is -2.14. The third-order valence-electron chi connectivity index (χ3n) is 3.19. The van der Waals surface area contributed by atoms with Gasteiger partial charge in [-0.25, -0.2) is 10.8 Å². The van der Waals surface area contributed by atoms with E-state index < -0.39 is 0 Å². The molecule has 2 rings (SSSR count). The summed E-state index contributed by atoms with van der Waals surface area (Å²) in [6, 6.07) is 5.84. The van der Waals surface area contributed by atoms with Crippen molar-refractivity contribution in [3.05, 3.63) is 35.2 Å². The van der Waals surface area contributed by atoms with Gasteiger partial charge in [-0.05, 0) is 38.0 Å². The summed E-state index contributed by atoms with van der Waals surface area (Å²) >= 11 is 0. The highest BCUT2D eigenvalue weighted by atomic mass is 16.5. The second-order valence-corrected chi connectivity index (χ2v) is 4.63. The zero-order valence-electron chi connectivity index (χ0n) is 12.7. The smallest absolute Gasteiger partial charge is 0.227 e. The molecule has 1 aromatic carbocycles. The van der Waals surface area contributed by atoms with Crippen LogP contribution in [0.25, 0.3) is 0 Å². The number of hydrogen-bond donors (Lipinski definition) is 2. The van der Waals surface area contributed by atoms with Gasteiger partial charge in [0.2, 0.25) is 5.88 Å². The molecule has 0 bridgehead atoms. The fraction of sp³-hybridized carbons (Fsp3) is 0.333.